The minimum absolute atomic E-state index is 0.177. The molecule has 4 heteroatoms. The van der Waals surface area contributed by atoms with E-state index in [9.17, 15) is 4.79 Å². The van der Waals surface area contributed by atoms with Crippen molar-refractivity contribution in [3.63, 3.8) is 0 Å². The average molecular weight is 256 g/mol. The minimum atomic E-state index is -0.177. The fraction of sp³-hybridized carbons (Fsp3) is 0.200. The van der Waals surface area contributed by atoms with E-state index >= 15 is 0 Å². The molecule has 0 aliphatic heterocycles. The smallest absolute Gasteiger partial charge is 0.269 e. The van der Waals surface area contributed by atoms with Crippen molar-refractivity contribution in [2.24, 2.45) is 0 Å². The number of benzene rings is 1. The largest absolute Gasteiger partial charge is 0.375 e. The fourth-order valence-electron chi connectivity index (χ4n) is 1.59. The Morgan fingerprint density at radius 2 is 1.89 bits per heavy atom. The fourth-order valence-corrected chi connectivity index (χ4v) is 1.59. The average Bonchev–Trinajstić information content (AvgIpc) is 2.49. The number of pyridine rings is 1. The van der Waals surface area contributed by atoms with Crippen LogP contribution in [0.15, 0.2) is 54.7 Å². The first-order chi connectivity index (χ1) is 9.36. The van der Waals surface area contributed by atoms with Crippen molar-refractivity contribution in [2.75, 3.05) is 13.2 Å². The van der Waals surface area contributed by atoms with Gasteiger partial charge in [-0.1, -0.05) is 36.4 Å². The van der Waals surface area contributed by atoms with Crippen LogP contribution in [0.4, 0.5) is 0 Å². The van der Waals surface area contributed by atoms with Gasteiger partial charge in [0.05, 0.1) is 13.2 Å². The van der Waals surface area contributed by atoms with Crippen molar-refractivity contribution >= 4 is 5.91 Å². The van der Waals surface area contributed by atoms with Gasteiger partial charge < -0.3 is 10.1 Å². The molecule has 98 valence electrons. The van der Waals surface area contributed by atoms with Gasteiger partial charge in [0.25, 0.3) is 5.91 Å². The van der Waals surface area contributed by atoms with Gasteiger partial charge >= 0.3 is 0 Å². The molecule has 4 nitrogen and oxygen atoms in total. The number of nitrogens with zero attached hydrogens (tertiary/aromatic N) is 1. The number of aromatic nitrogens is 1. The number of carbonyl (C=O) groups is 1. The van der Waals surface area contributed by atoms with E-state index in [4.69, 9.17) is 4.74 Å². The molecule has 2 aromatic rings. The van der Waals surface area contributed by atoms with Gasteiger partial charge in [-0.25, -0.2) is 0 Å². The summed E-state index contributed by atoms with van der Waals surface area (Å²) in [6, 6.07) is 15.2. The van der Waals surface area contributed by atoms with E-state index < -0.39 is 0 Å². The number of nitrogens with one attached hydrogen (secondary N) is 1. The van der Waals surface area contributed by atoms with Gasteiger partial charge in [-0.2, -0.15) is 0 Å². The molecule has 0 saturated heterocycles. The monoisotopic (exact) mass is 256 g/mol. The standard InChI is InChI=1S/C15H16N2O2/c18-15(14-8-4-5-9-16-14)17-10-11-19-12-13-6-2-1-3-7-13/h1-9H,10-12H2,(H,17,18). The highest BCUT2D eigenvalue weighted by atomic mass is 16.5. The van der Waals surface area contributed by atoms with E-state index in [1.54, 1.807) is 24.4 Å². The van der Waals surface area contributed by atoms with Gasteiger partial charge in [0.1, 0.15) is 5.69 Å². The van der Waals surface area contributed by atoms with Crippen molar-refractivity contribution in [2.45, 2.75) is 6.61 Å². The van der Waals surface area contributed by atoms with Gasteiger partial charge in [0.2, 0.25) is 0 Å². The molecule has 0 saturated carbocycles. The summed E-state index contributed by atoms with van der Waals surface area (Å²) < 4.78 is 5.47. The lowest BCUT2D eigenvalue weighted by molar-refractivity contribution is 0.0896. The normalized spacial score (nSPS) is 10.1. The number of rotatable bonds is 6. The van der Waals surface area contributed by atoms with E-state index in [1.807, 2.05) is 30.3 Å². The second-order valence-corrected chi connectivity index (χ2v) is 4.01. The highest BCUT2D eigenvalue weighted by Gasteiger charge is 2.04. The number of ether oxygens (including phenoxy) is 1. The zero-order chi connectivity index (χ0) is 13.3. The Labute approximate surface area is 112 Å². The Hall–Kier alpha value is -2.20. The molecule has 0 spiro atoms. The molecule has 0 atom stereocenters. The molecule has 0 radical (unpaired) electrons. The minimum Gasteiger partial charge on any atom is -0.375 e. The van der Waals surface area contributed by atoms with Crippen LogP contribution in [-0.4, -0.2) is 24.0 Å². The second kappa shape index (κ2) is 7.28. The van der Waals surface area contributed by atoms with E-state index in [0.717, 1.165) is 5.56 Å². The van der Waals surface area contributed by atoms with Gasteiger partial charge in [-0.05, 0) is 17.7 Å². The number of carbonyl (C=O) groups excluding carboxylic acids is 1. The molecular formula is C15H16N2O2. The topological polar surface area (TPSA) is 51.2 Å². The van der Waals surface area contributed by atoms with Crippen LogP contribution in [0.5, 0.6) is 0 Å². The van der Waals surface area contributed by atoms with Gasteiger partial charge in [0, 0.05) is 12.7 Å². The maximum Gasteiger partial charge on any atom is 0.269 e. The SMILES string of the molecule is O=C(NCCOCc1ccccc1)c1ccccn1. The molecule has 2 rings (SSSR count). The van der Waals surface area contributed by atoms with E-state index in [0.29, 0.717) is 25.5 Å². The predicted octanol–water partition coefficient (Wildman–Crippen LogP) is 2.03. The highest BCUT2D eigenvalue weighted by molar-refractivity contribution is 5.92. The molecule has 0 fully saturated rings. The van der Waals surface area contributed by atoms with Crippen LogP contribution in [0.25, 0.3) is 0 Å². The first-order valence-corrected chi connectivity index (χ1v) is 6.17. The van der Waals surface area contributed by atoms with Gasteiger partial charge in [0.15, 0.2) is 0 Å². The second-order valence-electron chi connectivity index (χ2n) is 4.01. The van der Waals surface area contributed by atoms with Crippen molar-refractivity contribution in [3.05, 3.63) is 66.0 Å². The number of hydrogen-bond donors (Lipinski definition) is 1. The molecule has 0 unspecified atom stereocenters. The Morgan fingerprint density at radius 1 is 1.11 bits per heavy atom. The van der Waals surface area contributed by atoms with Gasteiger partial charge in [-0.3, -0.25) is 9.78 Å². The Kier molecular flexibility index (Phi) is 5.07. The molecule has 19 heavy (non-hydrogen) atoms. The van der Waals surface area contributed by atoms with Crippen LogP contribution in [0.3, 0.4) is 0 Å². The zero-order valence-corrected chi connectivity index (χ0v) is 10.6. The molecule has 1 amide bonds. The summed E-state index contributed by atoms with van der Waals surface area (Å²) in [5, 5.41) is 2.76. The Morgan fingerprint density at radius 3 is 2.63 bits per heavy atom. The predicted molar refractivity (Wildman–Crippen MR) is 72.7 cm³/mol. The summed E-state index contributed by atoms with van der Waals surface area (Å²) in [4.78, 5) is 15.6. The molecule has 1 heterocycles. The summed E-state index contributed by atoms with van der Waals surface area (Å²) in [6.45, 7) is 1.51. The van der Waals surface area contributed by atoms with Crippen molar-refractivity contribution in [1.29, 1.82) is 0 Å². The first kappa shape index (κ1) is 13.2. The maximum absolute atomic E-state index is 11.6. The number of hydrogen-bond acceptors (Lipinski definition) is 3. The molecular weight excluding hydrogens is 240 g/mol. The van der Waals surface area contributed by atoms with Crippen LogP contribution < -0.4 is 5.32 Å². The summed E-state index contributed by atoms with van der Waals surface area (Å²) >= 11 is 0. The quantitative estimate of drug-likeness (QED) is 0.804. The summed E-state index contributed by atoms with van der Waals surface area (Å²) in [7, 11) is 0. The Bertz CT molecular complexity index is 500. The van der Waals surface area contributed by atoms with E-state index in [-0.39, 0.29) is 5.91 Å². The summed E-state index contributed by atoms with van der Waals surface area (Å²) in [5.41, 5.74) is 1.55. The third-order valence-corrected chi connectivity index (χ3v) is 2.54. The Balaban J connectivity index is 1.63. The third-order valence-electron chi connectivity index (χ3n) is 2.54. The lowest BCUT2D eigenvalue weighted by Crippen LogP contribution is -2.27. The van der Waals surface area contributed by atoms with E-state index in [2.05, 4.69) is 10.3 Å². The van der Waals surface area contributed by atoms with Crippen LogP contribution >= 0.6 is 0 Å². The van der Waals surface area contributed by atoms with Crippen molar-refractivity contribution in [3.8, 4) is 0 Å². The molecule has 1 N–H and O–H groups in total. The van der Waals surface area contributed by atoms with Crippen LogP contribution in [0.1, 0.15) is 16.1 Å². The molecule has 0 bridgehead atoms. The zero-order valence-electron chi connectivity index (χ0n) is 10.6. The lowest BCUT2D eigenvalue weighted by Gasteiger charge is -2.06. The highest BCUT2D eigenvalue weighted by Crippen LogP contribution is 1.99. The van der Waals surface area contributed by atoms with Gasteiger partial charge in [-0.15, -0.1) is 0 Å². The molecule has 0 aliphatic rings. The first-order valence-electron chi connectivity index (χ1n) is 6.17. The molecule has 0 aliphatic carbocycles. The maximum atomic E-state index is 11.6. The lowest BCUT2D eigenvalue weighted by atomic mass is 10.2. The molecule has 1 aromatic heterocycles. The van der Waals surface area contributed by atoms with Crippen molar-refractivity contribution in [1.82, 2.24) is 10.3 Å². The van der Waals surface area contributed by atoms with E-state index in [1.165, 1.54) is 0 Å². The van der Waals surface area contributed by atoms with Crippen LogP contribution in [0.2, 0.25) is 0 Å². The number of amides is 1. The molecule has 1 aromatic carbocycles. The summed E-state index contributed by atoms with van der Waals surface area (Å²) in [5.74, 6) is -0.177. The van der Waals surface area contributed by atoms with Crippen LogP contribution in [-0.2, 0) is 11.3 Å². The third kappa shape index (κ3) is 4.52. The van der Waals surface area contributed by atoms with Crippen LogP contribution in [0, 0.1) is 0 Å². The van der Waals surface area contributed by atoms with Crippen molar-refractivity contribution < 1.29 is 9.53 Å². The summed E-state index contributed by atoms with van der Waals surface area (Å²) in [6.07, 6.45) is 1.60.